The molecule has 1 rings (SSSR count). The summed E-state index contributed by atoms with van der Waals surface area (Å²) in [5.41, 5.74) is 5.43. The zero-order valence-electron chi connectivity index (χ0n) is 13.1. The number of halogens is 1. The number of nitrogens with two attached hydrogens (primary N) is 1. The van der Waals surface area contributed by atoms with Gasteiger partial charge in [0.1, 0.15) is 0 Å². The molecule has 1 saturated carbocycles. The summed E-state index contributed by atoms with van der Waals surface area (Å²) in [5, 5.41) is 3.34. The van der Waals surface area contributed by atoms with E-state index in [0.717, 1.165) is 25.3 Å². The van der Waals surface area contributed by atoms with Crippen LogP contribution in [0.1, 0.15) is 44.9 Å². The lowest BCUT2D eigenvalue weighted by Crippen LogP contribution is -2.22. The molecule has 21 heavy (non-hydrogen) atoms. The molecule has 120 valence electrons. The van der Waals surface area contributed by atoms with Gasteiger partial charge in [-0.15, -0.1) is 6.58 Å². The lowest BCUT2D eigenvalue weighted by molar-refractivity contribution is 0.222. The first-order valence-electron chi connectivity index (χ1n) is 8.28. The van der Waals surface area contributed by atoms with E-state index < -0.39 is 0 Å². The lowest BCUT2D eigenvalue weighted by atomic mass is 9.74. The molecule has 0 bridgehead atoms. The number of allylic oxidation sites excluding steroid dienone is 2. The molecular weight excluding hydrogens is 263 g/mol. The minimum absolute atomic E-state index is 0.440. The minimum atomic E-state index is 0.440. The Labute approximate surface area is 129 Å². The third-order valence-corrected chi connectivity index (χ3v) is 4.56. The third-order valence-electron chi connectivity index (χ3n) is 4.56. The summed E-state index contributed by atoms with van der Waals surface area (Å²) < 4.78 is 12.1. The molecule has 0 aromatic carbocycles. The van der Waals surface area contributed by atoms with Crippen LogP contribution in [0.25, 0.3) is 0 Å². The van der Waals surface area contributed by atoms with Crippen molar-refractivity contribution in [3.05, 3.63) is 37.3 Å². The maximum absolute atomic E-state index is 12.1. The van der Waals surface area contributed by atoms with E-state index in [1.54, 1.807) is 6.08 Å². The van der Waals surface area contributed by atoms with Gasteiger partial charge in [-0.25, -0.2) is 4.39 Å². The van der Waals surface area contributed by atoms with Gasteiger partial charge in [0.25, 0.3) is 0 Å². The van der Waals surface area contributed by atoms with Gasteiger partial charge in [0.05, 0.1) is 6.33 Å². The van der Waals surface area contributed by atoms with E-state index in [2.05, 4.69) is 18.0 Å². The minimum Gasteiger partial charge on any atom is -0.391 e. The molecular formula is C18H31FN2. The van der Waals surface area contributed by atoms with Crippen molar-refractivity contribution in [3.8, 4) is 0 Å². The highest BCUT2D eigenvalue weighted by molar-refractivity contribution is 4.92. The highest BCUT2D eigenvalue weighted by Gasteiger charge is 2.25. The lowest BCUT2D eigenvalue weighted by Gasteiger charge is -2.32. The van der Waals surface area contributed by atoms with Gasteiger partial charge in [0.15, 0.2) is 0 Å². The third kappa shape index (κ3) is 7.47. The largest absolute Gasteiger partial charge is 0.391 e. The van der Waals surface area contributed by atoms with Gasteiger partial charge >= 0.3 is 0 Å². The number of rotatable bonds is 10. The van der Waals surface area contributed by atoms with E-state index in [1.165, 1.54) is 32.1 Å². The van der Waals surface area contributed by atoms with Crippen molar-refractivity contribution in [2.45, 2.75) is 44.9 Å². The molecule has 2 nitrogen and oxygen atoms in total. The highest BCUT2D eigenvalue weighted by Crippen LogP contribution is 2.36. The van der Waals surface area contributed by atoms with Gasteiger partial charge in [-0.05, 0) is 62.6 Å². The Morgan fingerprint density at radius 3 is 2.62 bits per heavy atom. The van der Waals surface area contributed by atoms with Crippen LogP contribution in [-0.2, 0) is 0 Å². The summed E-state index contributed by atoms with van der Waals surface area (Å²) in [6.07, 6.45) is 16.5. The molecule has 3 heteroatoms. The molecule has 1 atom stereocenters. The van der Waals surface area contributed by atoms with E-state index in [4.69, 9.17) is 5.73 Å². The molecule has 1 aliphatic rings. The van der Waals surface area contributed by atoms with Crippen molar-refractivity contribution >= 4 is 0 Å². The van der Waals surface area contributed by atoms with Crippen molar-refractivity contribution in [1.29, 1.82) is 0 Å². The topological polar surface area (TPSA) is 38.0 Å². The average molecular weight is 294 g/mol. The van der Waals surface area contributed by atoms with Gasteiger partial charge in [-0.2, -0.15) is 0 Å². The maximum atomic E-state index is 12.1. The Bertz CT molecular complexity index is 317. The van der Waals surface area contributed by atoms with Gasteiger partial charge < -0.3 is 11.1 Å². The Morgan fingerprint density at radius 1 is 1.24 bits per heavy atom. The van der Waals surface area contributed by atoms with Crippen LogP contribution in [0.5, 0.6) is 0 Å². The van der Waals surface area contributed by atoms with E-state index in [9.17, 15) is 4.39 Å². The highest BCUT2D eigenvalue weighted by atomic mass is 19.1. The summed E-state index contributed by atoms with van der Waals surface area (Å²) in [5.74, 6) is 1.96. The summed E-state index contributed by atoms with van der Waals surface area (Å²) in [6, 6.07) is 0. The standard InChI is InChI=1S/C18H31FN2/c1-2-17(6-5-12-19)18-9-7-16(8-10-18)11-15-21-14-4-3-13-20/h2,4-5,12,14,16-18,21H,1,3,6-11,13,15,20H2/b12-5+,14-4+. The van der Waals surface area contributed by atoms with E-state index >= 15 is 0 Å². The van der Waals surface area contributed by atoms with Crippen molar-refractivity contribution < 1.29 is 4.39 Å². The molecule has 0 heterocycles. The molecule has 0 saturated heterocycles. The molecule has 3 N–H and O–H groups in total. The van der Waals surface area contributed by atoms with Gasteiger partial charge in [-0.3, -0.25) is 0 Å². The van der Waals surface area contributed by atoms with Gasteiger partial charge in [0, 0.05) is 6.54 Å². The summed E-state index contributed by atoms with van der Waals surface area (Å²) >= 11 is 0. The molecule has 0 amide bonds. The number of hydrogen-bond donors (Lipinski definition) is 2. The molecule has 1 fully saturated rings. The molecule has 1 aliphatic carbocycles. The van der Waals surface area contributed by atoms with Crippen LogP contribution in [0.4, 0.5) is 4.39 Å². The van der Waals surface area contributed by atoms with Crippen molar-refractivity contribution in [3.63, 3.8) is 0 Å². The van der Waals surface area contributed by atoms with Crippen LogP contribution in [0.15, 0.2) is 37.3 Å². The summed E-state index contributed by atoms with van der Waals surface area (Å²) in [6.45, 7) is 5.67. The molecule has 0 aromatic heterocycles. The first-order valence-corrected chi connectivity index (χ1v) is 8.28. The van der Waals surface area contributed by atoms with Crippen LogP contribution in [0.2, 0.25) is 0 Å². The second kappa shape index (κ2) is 11.6. The number of nitrogens with one attached hydrogen (secondary N) is 1. The van der Waals surface area contributed by atoms with Crippen LogP contribution in [0.3, 0.4) is 0 Å². The fourth-order valence-corrected chi connectivity index (χ4v) is 3.23. The molecule has 0 radical (unpaired) electrons. The zero-order valence-corrected chi connectivity index (χ0v) is 13.1. The monoisotopic (exact) mass is 294 g/mol. The summed E-state index contributed by atoms with van der Waals surface area (Å²) in [4.78, 5) is 0. The Kier molecular flexibility index (Phi) is 9.88. The Balaban J connectivity index is 2.17. The van der Waals surface area contributed by atoms with Crippen molar-refractivity contribution in [1.82, 2.24) is 5.32 Å². The van der Waals surface area contributed by atoms with E-state index in [-0.39, 0.29) is 0 Å². The predicted molar refractivity (Wildman–Crippen MR) is 89.4 cm³/mol. The second-order valence-electron chi connectivity index (χ2n) is 6.00. The van der Waals surface area contributed by atoms with E-state index in [1.807, 2.05) is 12.3 Å². The van der Waals surface area contributed by atoms with Crippen molar-refractivity contribution in [2.75, 3.05) is 13.1 Å². The smallest absolute Gasteiger partial charge is 0.0827 e. The maximum Gasteiger partial charge on any atom is 0.0827 e. The first-order chi connectivity index (χ1) is 10.3. The van der Waals surface area contributed by atoms with Crippen LogP contribution in [0, 0.1) is 17.8 Å². The van der Waals surface area contributed by atoms with Gasteiger partial charge in [-0.1, -0.05) is 31.1 Å². The normalized spacial score (nSPS) is 24.5. The first kappa shape index (κ1) is 18.0. The fourth-order valence-electron chi connectivity index (χ4n) is 3.23. The molecule has 0 spiro atoms. The number of hydrogen-bond acceptors (Lipinski definition) is 2. The molecule has 0 aliphatic heterocycles. The average Bonchev–Trinajstić information content (AvgIpc) is 2.53. The van der Waals surface area contributed by atoms with Gasteiger partial charge in [0.2, 0.25) is 0 Å². The van der Waals surface area contributed by atoms with Crippen LogP contribution < -0.4 is 11.1 Å². The predicted octanol–water partition coefficient (Wildman–Crippen LogP) is 4.31. The zero-order chi connectivity index (χ0) is 15.3. The van der Waals surface area contributed by atoms with Crippen LogP contribution >= 0.6 is 0 Å². The fraction of sp³-hybridized carbons (Fsp3) is 0.667. The SMILES string of the molecule is C=CC(C/C=C/F)C1CCC(CCN/C=C/CCN)CC1. The van der Waals surface area contributed by atoms with Crippen LogP contribution in [-0.4, -0.2) is 13.1 Å². The van der Waals surface area contributed by atoms with Crippen molar-refractivity contribution in [2.24, 2.45) is 23.5 Å². The Morgan fingerprint density at radius 2 is 2.00 bits per heavy atom. The van der Waals surface area contributed by atoms with E-state index in [0.29, 0.717) is 24.7 Å². The summed E-state index contributed by atoms with van der Waals surface area (Å²) in [7, 11) is 0. The quantitative estimate of drug-likeness (QED) is 0.465. The molecule has 1 unspecified atom stereocenters. The molecule has 0 aromatic rings. The Hall–Kier alpha value is -1.09. The second-order valence-corrected chi connectivity index (χ2v) is 6.00.